The predicted molar refractivity (Wildman–Crippen MR) is 76.2 cm³/mol. The Labute approximate surface area is 115 Å². The van der Waals surface area contributed by atoms with Gasteiger partial charge in [0, 0.05) is 11.4 Å². The van der Waals surface area contributed by atoms with Gasteiger partial charge >= 0.3 is 0 Å². The number of fused-ring (bicyclic) bond motifs is 3. The lowest BCUT2D eigenvalue weighted by molar-refractivity contribution is 0.415. The van der Waals surface area contributed by atoms with Gasteiger partial charge in [0.2, 0.25) is 5.95 Å². The van der Waals surface area contributed by atoms with E-state index in [9.17, 15) is 0 Å². The van der Waals surface area contributed by atoms with Gasteiger partial charge in [-0.15, -0.1) is 5.10 Å². The van der Waals surface area contributed by atoms with Crippen LogP contribution in [0.15, 0.2) is 18.2 Å². The van der Waals surface area contributed by atoms with Gasteiger partial charge in [0.1, 0.15) is 11.6 Å². The molecule has 0 saturated heterocycles. The maximum absolute atomic E-state index is 5.28. The normalized spacial score (nSPS) is 14.9. The molecular weight excluding hydrogens is 254 g/mol. The number of aromatic nitrogens is 4. The van der Waals surface area contributed by atoms with E-state index >= 15 is 0 Å². The molecule has 3 aromatic rings. The number of nitrogens with one attached hydrogen (secondary N) is 1. The summed E-state index contributed by atoms with van der Waals surface area (Å²) in [4.78, 5) is 9.19. The second kappa shape index (κ2) is 4.06. The van der Waals surface area contributed by atoms with Crippen molar-refractivity contribution in [2.24, 2.45) is 0 Å². The van der Waals surface area contributed by atoms with Gasteiger partial charge in [0.05, 0.1) is 12.6 Å². The van der Waals surface area contributed by atoms with Gasteiger partial charge in [-0.25, -0.2) is 9.97 Å². The third kappa shape index (κ3) is 1.76. The van der Waals surface area contributed by atoms with Gasteiger partial charge < -0.3 is 10.1 Å². The molecule has 1 N–H and O–H groups in total. The van der Waals surface area contributed by atoms with Crippen molar-refractivity contribution in [3.63, 3.8) is 0 Å². The van der Waals surface area contributed by atoms with Gasteiger partial charge in [-0.2, -0.15) is 4.52 Å². The van der Waals surface area contributed by atoms with Crippen molar-refractivity contribution < 1.29 is 4.74 Å². The number of anilines is 1. The number of ether oxygens (including phenoxy) is 1. The van der Waals surface area contributed by atoms with Crippen LogP contribution in [0.5, 0.6) is 5.75 Å². The Balaban J connectivity index is 2.02. The van der Waals surface area contributed by atoms with Crippen LogP contribution in [0, 0.1) is 6.92 Å². The summed E-state index contributed by atoms with van der Waals surface area (Å²) in [5.74, 6) is 2.30. The quantitative estimate of drug-likeness (QED) is 0.789. The minimum atomic E-state index is 0.519. The molecule has 0 aliphatic heterocycles. The third-order valence-electron chi connectivity index (χ3n) is 3.50. The average Bonchev–Trinajstić information content (AvgIpc) is 3.17. The highest BCUT2D eigenvalue weighted by atomic mass is 16.5. The zero-order valence-electron chi connectivity index (χ0n) is 11.4. The molecule has 1 fully saturated rings. The van der Waals surface area contributed by atoms with Gasteiger partial charge in [0.25, 0.3) is 0 Å². The van der Waals surface area contributed by atoms with Crippen LogP contribution >= 0.6 is 0 Å². The van der Waals surface area contributed by atoms with Crippen molar-refractivity contribution >= 4 is 22.5 Å². The van der Waals surface area contributed by atoms with Crippen LogP contribution in [0.2, 0.25) is 0 Å². The molecule has 0 radical (unpaired) electrons. The highest BCUT2D eigenvalue weighted by Crippen LogP contribution is 2.28. The van der Waals surface area contributed by atoms with E-state index in [1.54, 1.807) is 11.6 Å². The van der Waals surface area contributed by atoms with Crippen molar-refractivity contribution in [3.8, 4) is 5.75 Å². The number of hydrogen-bond donors (Lipinski definition) is 1. The highest BCUT2D eigenvalue weighted by molar-refractivity contribution is 5.93. The molecule has 2 aromatic heterocycles. The molecule has 0 amide bonds. The molecule has 102 valence electrons. The maximum atomic E-state index is 5.28. The number of methoxy groups -OCH3 is 1. The van der Waals surface area contributed by atoms with Gasteiger partial charge in [0.15, 0.2) is 5.65 Å². The van der Waals surface area contributed by atoms with Crippen molar-refractivity contribution in [1.82, 2.24) is 19.6 Å². The number of nitrogens with zero attached hydrogens (tertiary/aromatic N) is 4. The fraction of sp³-hybridized carbons (Fsp3) is 0.357. The Morgan fingerprint density at radius 2 is 2.15 bits per heavy atom. The largest absolute Gasteiger partial charge is 0.497 e. The van der Waals surface area contributed by atoms with Crippen LogP contribution in [0.3, 0.4) is 0 Å². The van der Waals surface area contributed by atoms with Crippen LogP contribution < -0.4 is 10.1 Å². The van der Waals surface area contributed by atoms with Crippen LogP contribution in [0.1, 0.15) is 18.7 Å². The molecule has 1 aromatic carbocycles. The smallest absolute Gasteiger partial charge is 0.226 e. The molecule has 20 heavy (non-hydrogen) atoms. The fourth-order valence-electron chi connectivity index (χ4n) is 2.32. The lowest BCUT2D eigenvalue weighted by Crippen LogP contribution is -2.09. The van der Waals surface area contributed by atoms with E-state index in [4.69, 9.17) is 4.74 Å². The second-order valence-corrected chi connectivity index (χ2v) is 5.13. The van der Waals surface area contributed by atoms with E-state index in [1.165, 1.54) is 12.8 Å². The van der Waals surface area contributed by atoms with Crippen LogP contribution in [0.4, 0.5) is 5.95 Å². The highest BCUT2D eigenvalue weighted by Gasteiger charge is 2.23. The van der Waals surface area contributed by atoms with Crippen molar-refractivity contribution in [1.29, 1.82) is 0 Å². The van der Waals surface area contributed by atoms with E-state index < -0.39 is 0 Å². The summed E-state index contributed by atoms with van der Waals surface area (Å²) in [6.45, 7) is 1.89. The van der Waals surface area contributed by atoms with E-state index in [1.807, 2.05) is 25.1 Å². The van der Waals surface area contributed by atoms with E-state index in [2.05, 4.69) is 20.4 Å². The Morgan fingerprint density at radius 1 is 1.30 bits per heavy atom. The predicted octanol–water partition coefficient (Wildman–Crippen LogP) is 2.17. The Kier molecular flexibility index (Phi) is 2.33. The van der Waals surface area contributed by atoms with Crippen LogP contribution in [0.25, 0.3) is 16.6 Å². The topological polar surface area (TPSA) is 64.3 Å². The van der Waals surface area contributed by atoms with Crippen molar-refractivity contribution in [2.75, 3.05) is 12.4 Å². The number of benzene rings is 1. The molecular formula is C14H15N5O. The second-order valence-electron chi connectivity index (χ2n) is 5.13. The summed E-state index contributed by atoms with van der Waals surface area (Å²) in [7, 11) is 1.66. The molecule has 2 heterocycles. The van der Waals surface area contributed by atoms with Gasteiger partial charge in [-0.05, 0) is 38.0 Å². The first kappa shape index (κ1) is 11.5. The minimum Gasteiger partial charge on any atom is -0.497 e. The molecule has 4 rings (SSSR count). The van der Waals surface area contributed by atoms with Gasteiger partial charge in [-0.3, -0.25) is 0 Å². The Hall–Kier alpha value is -2.37. The van der Waals surface area contributed by atoms with E-state index in [-0.39, 0.29) is 0 Å². The van der Waals surface area contributed by atoms with Crippen molar-refractivity contribution in [2.45, 2.75) is 25.8 Å². The van der Waals surface area contributed by atoms with Gasteiger partial charge in [-0.1, -0.05) is 0 Å². The molecule has 1 aliphatic rings. The average molecular weight is 269 g/mol. The lowest BCUT2D eigenvalue weighted by Gasteiger charge is -2.08. The fourth-order valence-corrected chi connectivity index (χ4v) is 2.32. The lowest BCUT2D eigenvalue weighted by atomic mass is 10.2. The third-order valence-corrected chi connectivity index (χ3v) is 3.50. The summed E-state index contributed by atoms with van der Waals surface area (Å²) in [5.41, 5.74) is 1.71. The first-order chi connectivity index (χ1) is 9.74. The summed E-state index contributed by atoms with van der Waals surface area (Å²) < 4.78 is 7.07. The number of rotatable bonds is 3. The first-order valence-electron chi connectivity index (χ1n) is 6.72. The maximum Gasteiger partial charge on any atom is 0.226 e. The molecule has 6 nitrogen and oxygen atoms in total. The molecule has 1 saturated carbocycles. The standard InChI is InChI=1S/C14H15N5O/c1-8-15-13-11-7-10(20-2)5-6-12(11)17-14(19(13)18-8)16-9-3-4-9/h5-7,9H,3-4H2,1-2H3,(H,16,17). The monoisotopic (exact) mass is 269 g/mol. The zero-order chi connectivity index (χ0) is 13.7. The molecule has 0 unspecified atom stereocenters. The number of aryl methyl sites for hydroxylation is 1. The molecule has 1 aliphatic carbocycles. The molecule has 0 bridgehead atoms. The van der Waals surface area contributed by atoms with Crippen LogP contribution in [-0.2, 0) is 0 Å². The summed E-state index contributed by atoms with van der Waals surface area (Å²) >= 11 is 0. The minimum absolute atomic E-state index is 0.519. The van der Waals surface area contributed by atoms with E-state index in [0.29, 0.717) is 6.04 Å². The molecule has 6 heteroatoms. The Bertz CT molecular complexity index is 806. The number of hydrogen-bond acceptors (Lipinski definition) is 5. The zero-order valence-corrected chi connectivity index (χ0v) is 11.4. The molecule has 0 atom stereocenters. The van der Waals surface area contributed by atoms with E-state index in [0.717, 1.165) is 34.1 Å². The summed E-state index contributed by atoms with van der Waals surface area (Å²) in [6.07, 6.45) is 2.38. The first-order valence-corrected chi connectivity index (χ1v) is 6.72. The summed E-state index contributed by atoms with van der Waals surface area (Å²) in [5, 5.41) is 8.80. The van der Waals surface area contributed by atoms with Crippen molar-refractivity contribution in [3.05, 3.63) is 24.0 Å². The van der Waals surface area contributed by atoms with Crippen LogP contribution in [-0.4, -0.2) is 32.7 Å². The Morgan fingerprint density at radius 3 is 2.90 bits per heavy atom. The summed E-state index contributed by atoms with van der Waals surface area (Å²) in [6, 6.07) is 6.34. The SMILES string of the molecule is COc1ccc2nc(NC3CC3)n3nc(C)nc3c2c1. The molecule has 0 spiro atoms.